The standard InChI is InChI=1S/C25H26ClFN6O2/c1-29-22-21(23(34)30(2)25(29)35)33(16-18-19(26)9-6-10-20(18)27)24(28-22)32-13-11-31(12-14-32)15-17-7-4-3-5-8-17/h3-10H,11-16H2,1-2H3. The molecule has 1 aliphatic rings. The van der Waals surface area contributed by atoms with Gasteiger partial charge in [-0.3, -0.25) is 23.4 Å². The second-order valence-electron chi connectivity index (χ2n) is 8.82. The monoisotopic (exact) mass is 496 g/mol. The van der Waals surface area contributed by atoms with Gasteiger partial charge in [0.05, 0.1) is 6.54 Å². The topological polar surface area (TPSA) is 68.3 Å². The molecule has 0 amide bonds. The van der Waals surface area contributed by atoms with E-state index in [9.17, 15) is 14.0 Å². The molecule has 0 spiro atoms. The van der Waals surface area contributed by atoms with Crippen LogP contribution < -0.4 is 16.1 Å². The Morgan fingerprint density at radius 2 is 1.63 bits per heavy atom. The molecule has 0 bridgehead atoms. The number of hydrogen-bond donors (Lipinski definition) is 0. The smallest absolute Gasteiger partial charge is 0.332 e. The molecule has 0 N–H and O–H groups in total. The molecule has 4 aromatic rings. The number of benzene rings is 2. The minimum absolute atomic E-state index is 0.0228. The van der Waals surface area contributed by atoms with Crippen molar-refractivity contribution in [2.45, 2.75) is 13.1 Å². The number of halogens is 2. The summed E-state index contributed by atoms with van der Waals surface area (Å²) < 4.78 is 18.8. The Bertz CT molecular complexity index is 1480. The number of piperazine rings is 1. The second-order valence-corrected chi connectivity index (χ2v) is 9.23. The van der Waals surface area contributed by atoms with Gasteiger partial charge in [0.15, 0.2) is 11.2 Å². The molecule has 10 heteroatoms. The predicted molar refractivity (Wildman–Crippen MR) is 135 cm³/mol. The van der Waals surface area contributed by atoms with E-state index in [0.717, 1.165) is 24.2 Å². The summed E-state index contributed by atoms with van der Waals surface area (Å²) in [5.41, 5.74) is 1.10. The van der Waals surface area contributed by atoms with Crippen molar-refractivity contribution >= 4 is 28.7 Å². The normalized spacial score (nSPS) is 14.7. The zero-order chi connectivity index (χ0) is 24.7. The van der Waals surface area contributed by atoms with E-state index in [1.165, 1.54) is 23.2 Å². The lowest BCUT2D eigenvalue weighted by Gasteiger charge is -2.35. The van der Waals surface area contributed by atoms with E-state index in [1.54, 1.807) is 23.7 Å². The molecule has 3 heterocycles. The van der Waals surface area contributed by atoms with Gasteiger partial charge in [-0.2, -0.15) is 4.98 Å². The minimum atomic E-state index is -0.475. The van der Waals surface area contributed by atoms with Crippen LogP contribution in [0.15, 0.2) is 58.1 Å². The number of nitrogens with zero attached hydrogens (tertiary/aromatic N) is 6. The van der Waals surface area contributed by atoms with Crippen molar-refractivity contribution in [1.82, 2.24) is 23.6 Å². The van der Waals surface area contributed by atoms with Crippen molar-refractivity contribution < 1.29 is 4.39 Å². The maximum atomic E-state index is 14.7. The van der Waals surface area contributed by atoms with Crippen LogP contribution in [0.25, 0.3) is 11.2 Å². The lowest BCUT2D eigenvalue weighted by atomic mass is 10.2. The molecule has 0 unspecified atom stereocenters. The Labute approximate surface area is 206 Å². The fraction of sp³-hybridized carbons (Fsp3) is 0.320. The third-order valence-corrected chi connectivity index (χ3v) is 6.96. The van der Waals surface area contributed by atoms with E-state index < -0.39 is 17.1 Å². The number of anilines is 1. The van der Waals surface area contributed by atoms with Crippen LogP contribution in [0.2, 0.25) is 5.02 Å². The third-order valence-electron chi connectivity index (χ3n) is 6.61. The number of hydrogen-bond acceptors (Lipinski definition) is 5. The van der Waals surface area contributed by atoms with Crippen LogP contribution in [0.4, 0.5) is 10.3 Å². The average Bonchev–Trinajstić information content (AvgIpc) is 3.24. The van der Waals surface area contributed by atoms with Crippen molar-refractivity contribution in [3.8, 4) is 0 Å². The lowest BCUT2D eigenvalue weighted by molar-refractivity contribution is 0.248. The summed E-state index contributed by atoms with van der Waals surface area (Å²) in [6.45, 7) is 3.83. The summed E-state index contributed by atoms with van der Waals surface area (Å²) in [7, 11) is 3.01. The van der Waals surface area contributed by atoms with Gasteiger partial charge in [-0.15, -0.1) is 0 Å². The second kappa shape index (κ2) is 9.31. The third kappa shape index (κ3) is 4.26. The van der Waals surface area contributed by atoms with Gasteiger partial charge in [-0.05, 0) is 17.7 Å². The van der Waals surface area contributed by atoms with Crippen LogP contribution in [0, 0.1) is 5.82 Å². The molecule has 1 fully saturated rings. The van der Waals surface area contributed by atoms with E-state index in [1.807, 2.05) is 18.2 Å². The fourth-order valence-electron chi connectivity index (χ4n) is 4.62. The highest BCUT2D eigenvalue weighted by atomic mass is 35.5. The largest absolute Gasteiger partial charge is 0.340 e. The van der Waals surface area contributed by atoms with Crippen LogP contribution in [0.5, 0.6) is 0 Å². The molecule has 182 valence electrons. The van der Waals surface area contributed by atoms with Gasteiger partial charge in [-0.1, -0.05) is 48.0 Å². The molecule has 2 aromatic carbocycles. The first-order valence-electron chi connectivity index (χ1n) is 11.5. The molecule has 8 nitrogen and oxygen atoms in total. The first-order chi connectivity index (χ1) is 16.8. The highest BCUT2D eigenvalue weighted by molar-refractivity contribution is 6.31. The SMILES string of the molecule is Cn1c(=O)c2c(nc(N3CCN(Cc4ccccc4)CC3)n2Cc2c(F)cccc2Cl)n(C)c1=O. The summed E-state index contributed by atoms with van der Waals surface area (Å²) in [6.07, 6.45) is 0. The van der Waals surface area contributed by atoms with Crippen LogP contribution in [-0.4, -0.2) is 49.8 Å². The van der Waals surface area contributed by atoms with Crippen molar-refractivity contribution in [3.63, 3.8) is 0 Å². The van der Waals surface area contributed by atoms with Crippen molar-refractivity contribution in [2.75, 3.05) is 31.1 Å². The number of aromatic nitrogens is 4. The Hall–Kier alpha value is -3.43. The Morgan fingerprint density at radius 3 is 2.31 bits per heavy atom. The van der Waals surface area contributed by atoms with Crippen LogP contribution in [-0.2, 0) is 27.2 Å². The van der Waals surface area contributed by atoms with Gasteiger partial charge in [0.1, 0.15) is 5.82 Å². The van der Waals surface area contributed by atoms with Gasteiger partial charge in [0.2, 0.25) is 5.95 Å². The first kappa shape index (κ1) is 23.3. The van der Waals surface area contributed by atoms with Crippen molar-refractivity contribution in [3.05, 3.63) is 91.3 Å². The molecule has 0 radical (unpaired) electrons. The van der Waals surface area contributed by atoms with Gasteiger partial charge in [0, 0.05) is 57.4 Å². The zero-order valence-electron chi connectivity index (χ0n) is 19.6. The summed E-state index contributed by atoms with van der Waals surface area (Å²) in [4.78, 5) is 34.9. The molecule has 5 rings (SSSR count). The quantitative estimate of drug-likeness (QED) is 0.425. The Morgan fingerprint density at radius 1 is 0.914 bits per heavy atom. The average molecular weight is 497 g/mol. The van der Waals surface area contributed by atoms with E-state index in [0.29, 0.717) is 19.0 Å². The van der Waals surface area contributed by atoms with Crippen molar-refractivity contribution in [2.24, 2.45) is 14.1 Å². The number of imidazole rings is 1. The molecular formula is C25H26ClFN6O2. The number of aryl methyl sites for hydroxylation is 1. The molecule has 35 heavy (non-hydrogen) atoms. The maximum absolute atomic E-state index is 14.7. The summed E-state index contributed by atoms with van der Waals surface area (Å²) in [5.74, 6) is 0.0663. The number of rotatable bonds is 5. The Balaban J connectivity index is 1.54. The zero-order valence-corrected chi connectivity index (χ0v) is 20.4. The fourth-order valence-corrected chi connectivity index (χ4v) is 4.84. The van der Waals surface area contributed by atoms with E-state index in [2.05, 4.69) is 21.9 Å². The van der Waals surface area contributed by atoms with Crippen LogP contribution in [0.1, 0.15) is 11.1 Å². The van der Waals surface area contributed by atoms with Crippen molar-refractivity contribution in [1.29, 1.82) is 0 Å². The summed E-state index contributed by atoms with van der Waals surface area (Å²) in [6, 6.07) is 14.8. The van der Waals surface area contributed by atoms with E-state index in [-0.39, 0.29) is 28.3 Å². The predicted octanol–water partition coefficient (Wildman–Crippen LogP) is 2.60. The van der Waals surface area contributed by atoms with E-state index in [4.69, 9.17) is 16.6 Å². The molecule has 0 aliphatic carbocycles. The molecule has 2 aromatic heterocycles. The van der Waals surface area contributed by atoms with E-state index >= 15 is 0 Å². The minimum Gasteiger partial charge on any atom is -0.340 e. The highest BCUT2D eigenvalue weighted by Gasteiger charge is 2.26. The maximum Gasteiger partial charge on any atom is 0.332 e. The molecular weight excluding hydrogens is 471 g/mol. The molecule has 0 saturated carbocycles. The number of fused-ring (bicyclic) bond motifs is 1. The van der Waals surface area contributed by atoms with Gasteiger partial charge < -0.3 is 4.90 Å². The van der Waals surface area contributed by atoms with Crippen LogP contribution in [0.3, 0.4) is 0 Å². The molecule has 0 atom stereocenters. The summed E-state index contributed by atoms with van der Waals surface area (Å²) >= 11 is 6.33. The van der Waals surface area contributed by atoms with Gasteiger partial charge in [0.25, 0.3) is 5.56 Å². The van der Waals surface area contributed by atoms with Gasteiger partial charge in [-0.25, -0.2) is 9.18 Å². The summed E-state index contributed by atoms with van der Waals surface area (Å²) in [5, 5.41) is 0.270. The van der Waals surface area contributed by atoms with Gasteiger partial charge >= 0.3 is 5.69 Å². The molecule has 1 saturated heterocycles. The van der Waals surface area contributed by atoms with Crippen LogP contribution >= 0.6 is 11.6 Å². The Kier molecular flexibility index (Phi) is 6.21. The lowest BCUT2D eigenvalue weighted by Crippen LogP contribution is -2.47. The highest BCUT2D eigenvalue weighted by Crippen LogP contribution is 2.26. The molecule has 1 aliphatic heterocycles. The first-order valence-corrected chi connectivity index (χ1v) is 11.8.